The number of carbonyl (C=O) groups excluding carboxylic acids is 2. The van der Waals surface area contributed by atoms with Crippen LogP contribution in [0.3, 0.4) is 0 Å². The summed E-state index contributed by atoms with van der Waals surface area (Å²) in [6.45, 7) is 2.77. The van der Waals surface area contributed by atoms with Gasteiger partial charge in [0.1, 0.15) is 22.8 Å². The van der Waals surface area contributed by atoms with E-state index in [1.54, 1.807) is 0 Å². The summed E-state index contributed by atoms with van der Waals surface area (Å²) in [7, 11) is 0. The normalized spacial score (nSPS) is 20.2. The highest BCUT2D eigenvalue weighted by atomic mass is 32.2. The third-order valence-corrected chi connectivity index (χ3v) is 6.03. The van der Waals surface area contributed by atoms with E-state index >= 15 is 0 Å². The van der Waals surface area contributed by atoms with Gasteiger partial charge in [-0.2, -0.15) is 0 Å². The summed E-state index contributed by atoms with van der Waals surface area (Å²) < 4.78 is 0. The Morgan fingerprint density at radius 1 is 1.45 bits per heavy atom. The van der Waals surface area contributed by atoms with E-state index in [-0.39, 0.29) is 27.7 Å². The van der Waals surface area contributed by atoms with Crippen molar-refractivity contribution in [3.63, 3.8) is 0 Å². The number of carboxylic acid groups (broad SMARTS) is 2. The van der Waals surface area contributed by atoms with Crippen molar-refractivity contribution >= 4 is 57.7 Å². The molecule has 3 heterocycles. The number of β-lactam (4-membered cyclic amide) rings is 1. The van der Waals surface area contributed by atoms with Crippen LogP contribution in [0, 0.1) is 0 Å². The molecule has 2 atom stereocenters. The zero-order chi connectivity index (χ0) is 22.0. The first kappa shape index (κ1) is 23.8. The van der Waals surface area contributed by atoms with Crippen LogP contribution in [0.25, 0.3) is 0 Å². The molecule has 1 aromatic rings. The van der Waals surface area contributed by atoms with E-state index < -0.39 is 41.8 Å². The first-order chi connectivity index (χ1) is 14.2. The summed E-state index contributed by atoms with van der Waals surface area (Å²) >= 11 is 2.30. The summed E-state index contributed by atoms with van der Waals surface area (Å²) in [6, 6.07) is -1.01. The van der Waals surface area contributed by atoms with Crippen molar-refractivity contribution in [1.29, 1.82) is 0 Å². The predicted octanol–water partition coefficient (Wildman–Crippen LogP) is -1.37. The van der Waals surface area contributed by atoms with Crippen molar-refractivity contribution < 1.29 is 39.7 Å². The lowest BCUT2D eigenvalue weighted by Crippen LogP contribution is -2.71. The highest BCUT2D eigenvalue weighted by molar-refractivity contribution is 8.00. The lowest BCUT2D eigenvalue weighted by atomic mass is 10.0. The zero-order valence-electron chi connectivity index (χ0n) is 15.6. The van der Waals surface area contributed by atoms with Gasteiger partial charge in [-0.15, -0.1) is 23.1 Å². The number of carboxylic acids is 2. The molecule has 1 saturated heterocycles. The molecule has 0 spiro atoms. The second kappa shape index (κ2) is 9.59. The number of nitrogens with two attached hydrogens (primary N) is 1. The number of aliphatic carboxylic acids is 2. The highest BCUT2D eigenvalue weighted by Gasteiger charge is 2.54. The summed E-state index contributed by atoms with van der Waals surface area (Å²) in [5, 5.41) is 25.0. The number of amides is 2. The molecule has 2 aliphatic heterocycles. The Labute approximate surface area is 182 Å². The number of aromatic nitrogens is 1. The molecule has 1 fully saturated rings. The second-order valence-electron chi connectivity index (χ2n) is 5.92. The number of carbonyl (C=O) groups is 4. The van der Waals surface area contributed by atoms with E-state index in [1.165, 1.54) is 23.2 Å². The van der Waals surface area contributed by atoms with Crippen molar-refractivity contribution in [2.45, 2.75) is 11.4 Å². The van der Waals surface area contributed by atoms with Gasteiger partial charge in [-0.25, -0.2) is 14.6 Å². The fourth-order valence-corrected chi connectivity index (χ4v) is 4.65. The highest BCUT2D eigenvalue weighted by Crippen LogP contribution is 2.40. The van der Waals surface area contributed by atoms with E-state index in [1.807, 2.05) is 0 Å². The Bertz CT molecular complexity index is 1000. The molecule has 31 heavy (non-hydrogen) atoms. The van der Waals surface area contributed by atoms with Crippen molar-refractivity contribution in [2.24, 2.45) is 5.16 Å². The maximum absolute atomic E-state index is 12.7. The number of nitrogen functional groups attached to an aromatic ring is 1. The maximum atomic E-state index is 12.7. The molecule has 15 heteroatoms. The number of nitrogens with zero attached hydrogens (tertiary/aromatic N) is 3. The number of rotatable bonds is 8. The van der Waals surface area contributed by atoms with Gasteiger partial charge < -0.3 is 31.6 Å². The van der Waals surface area contributed by atoms with Crippen LogP contribution in [-0.4, -0.2) is 78.8 Å². The van der Waals surface area contributed by atoms with Crippen LogP contribution in [0.1, 0.15) is 5.69 Å². The third-order valence-electron chi connectivity index (χ3n) is 4.06. The number of oxime groups is 1. The number of allylic oxidation sites excluding steroid dienone is 1. The van der Waals surface area contributed by atoms with E-state index in [0.717, 1.165) is 16.2 Å². The van der Waals surface area contributed by atoms with Crippen LogP contribution < -0.4 is 11.1 Å². The summed E-state index contributed by atoms with van der Waals surface area (Å²) in [4.78, 5) is 57.1. The quantitative estimate of drug-likeness (QED) is 0.198. The Hall–Kier alpha value is -3.43. The lowest BCUT2D eigenvalue weighted by Gasteiger charge is -2.49. The van der Waals surface area contributed by atoms with Crippen LogP contribution in [0.15, 0.2) is 34.5 Å². The number of thioether (sulfide) groups is 1. The van der Waals surface area contributed by atoms with Gasteiger partial charge in [-0.1, -0.05) is 17.8 Å². The van der Waals surface area contributed by atoms with Gasteiger partial charge in [0, 0.05) is 11.1 Å². The maximum Gasteiger partial charge on any atom is 0.352 e. The number of fused-ring (bicyclic) bond motifs is 1. The molecule has 166 valence electrons. The first-order valence-corrected chi connectivity index (χ1v) is 10.1. The molecule has 2 aliphatic rings. The molecule has 3 rings (SSSR count). The molecular formula is C16H17N5O8S2. The van der Waals surface area contributed by atoms with Gasteiger partial charge in [0.25, 0.3) is 11.8 Å². The van der Waals surface area contributed by atoms with Gasteiger partial charge >= 0.3 is 11.9 Å². The number of thiazole rings is 1. The monoisotopic (exact) mass is 471 g/mol. The Kier molecular flexibility index (Phi) is 7.37. The molecule has 13 nitrogen and oxygen atoms in total. The Balaban J connectivity index is 0.00000341. The SMILES string of the molecule is C=CC1=C(C(=O)O)N2C(=O)[C@@H](NC(=O)C(=NOCC(=O)O)c3csc(N)n3)[C@H]2SC1.O. The molecule has 7 N–H and O–H groups in total. The average molecular weight is 471 g/mol. The first-order valence-electron chi connectivity index (χ1n) is 8.22. The number of anilines is 1. The Morgan fingerprint density at radius 2 is 2.16 bits per heavy atom. The van der Waals surface area contributed by atoms with Crippen molar-refractivity contribution in [2.75, 3.05) is 18.1 Å². The zero-order valence-corrected chi connectivity index (χ0v) is 17.2. The van der Waals surface area contributed by atoms with Crippen LogP contribution >= 0.6 is 23.1 Å². The van der Waals surface area contributed by atoms with E-state index in [2.05, 4.69) is 26.9 Å². The minimum absolute atomic E-state index is 0. The van der Waals surface area contributed by atoms with Gasteiger partial charge in [0.15, 0.2) is 10.8 Å². The van der Waals surface area contributed by atoms with Crippen molar-refractivity contribution in [3.05, 3.63) is 35.0 Å². The largest absolute Gasteiger partial charge is 0.479 e. The summed E-state index contributed by atoms with van der Waals surface area (Å²) in [5.74, 6) is -3.72. The standard InChI is InChI=1S/C16H15N5O7S2.H2O/c1-2-6-4-29-14-10(13(25)21(14)11(6)15(26)27)19-12(24)9(20-28-3-8(22)23)7-5-30-16(17)18-7;/h2,5,10,14H,1,3-4H2,(H2,17,18)(H,19,24)(H,22,23)(H,26,27);1H2/t10-,14-;/m1./s1. The predicted molar refractivity (Wildman–Crippen MR) is 110 cm³/mol. The Morgan fingerprint density at radius 3 is 2.71 bits per heavy atom. The molecule has 0 aromatic carbocycles. The van der Waals surface area contributed by atoms with Crippen LogP contribution in [0.4, 0.5) is 5.13 Å². The molecule has 1 aromatic heterocycles. The summed E-state index contributed by atoms with van der Waals surface area (Å²) in [5.41, 5.74) is 5.48. The lowest BCUT2D eigenvalue weighted by molar-refractivity contribution is -0.150. The topological polar surface area (TPSA) is 216 Å². The fourth-order valence-electron chi connectivity index (χ4n) is 2.76. The number of nitrogens with one attached hydrogen (secondary N) is 1. The number of hydrogen-bond acceptors (Lipinski definition) is 10. The summed E-state index contributed by atoms with van der Waals surface area (Å²) in [6.07, 6.45) is 1.38. The van der Waals surface area contributed by atoms with Gasteiger partial charge in [0.2, 0.25) is 6.61 Å². The van der Waals surface area contributed by atoms with E-state index in [0.29, 0.717) is 11.3 Å². The van der Waals surface area contributed by atoms with Gasteiger partial charge in [-0.3, -0.25) is 14.5 Å². The molecular weight excluding hydrogens is 454 g/mol. The van der Waals surface area contributed by atoms with Crippen molar-refractivity contribution in [1.82, 2.24) is 15.2 Å². The van der Waals surface area contributed by atoms with Gasteiger partial charge in [0.05, 0.1) is 0 Å². The minimum Gasteiger partial charge on any atom is -0.479 e. The van der Waals surface area contributed by atoms with Crippen LogP contribution in [0.5, 0.6) is 0 Å². The second-order valence-corrected chi connectivity index (χ2v) is 7.92. The van der Waals surface area contributed by atoms with Crippen LogP contribution in [-0.2, 0) is 24.0 Å². The van der Waals surface area contributed by atoms with Gasteiger partial charge in [-0.05, 0) is 5.57 Å². The van der Waals surface area contributed by atoms with E-state index in [9.17, 15) is 24.3 Å². The van der Waals surface area contributed by atoms with Crippen molar-refractivity contribution in [3.8, 4) is 0 Å². The number of hydrogen-bond donors (Lipinski definition) is 4. The van der Waals surface area contributed by atoms with Crippen LogP contribution in [0.2, 0.25) is 0 Å². The molecule has 0 bridgehead atoms. The molecule has 0 radical (unpaired) electrons. The minimum atomic E-state index is -1.30. The smallest absolute Gasteiger partial charge is 0.352 e. The molecule has 0 aliphatic carbocycles. The molecule has 2 amide bonds. The third kappa shape index (κ3) is 4.68. The fraction of sp³-hybridized carbons (Fsp3) is 0.250. The van der Waals surface area contributed by atoms with E-state index in [4.69, 9.17) is 10.8 Å². The molecule has 0 saturated carbocycles. The molecule has 0 unspecified atom stereocenters. The average Bonchev–Trinajstić information content (AvgIpc) is 3.13.